The van der Waals surface area contributed by atoms with Crippen LogP contribution in [0.1, 0.15) is 43.0 Å². The summed E-state index contributed by atoms with van der Waals surface area (Å²) in [5.41, 5.74) is 8.11. The van der Waals surface area contributed by atoms with Gasteiger partial charge in [0.1, 0.15) is 22.8 Å². The van der Waals surface area contributed by atoms with Crippen LogP contribution in [0.15, 0.2) is 35.1 Å². The van der Waals surface area contributed by atoms with Gasteiger partial charge in [0.05, 0.1) is 36.4 Å². The molecule has 0 bridgehead atoms. The lowest BCUT2D eigenvalue weighted by Crippen LogP contribution is -2.58. The quantitative estimate of drug-likeness (QED) is 0.283. The number of fused-ring (bicyclic) bond motifs is 3. The topological polar surface area (TPSA) is 179 Å². The molecule has 1 aliphatic heterocycles. The van der Waals surface area contributed by atoms with Crippen molar-refractivity contribution < 1.29 is 34.4 Å². The smallest absolute Gasteiger partial charge is 0.255 e. The fourth-order valence-electron chi connectivity index (χ4n) is 6.95. The number of H-pyrrole nitrogens is 1. The molecule has 11 heteroatoms. The number of phenols is 1. The standard InChI is InChI=1S/C29H32N4O7/c1-12(2)17-11-18(32-31-17)14-3-4-19(34)21-15(14)9-13-10-16-22(26(36)20(13)25(21)35)27(37)23(29(30)39)28(38)24(16)33-5-7-40-8-6-33/h3-4,11-13,16,22,24,34-35,38H,5-10H2,1-2H3,(H2,30,39)(H,31,32)/t13?,16?,22?,24-/m1/s1. The van der Waals surface area contributed by atoms with Crippen LogP contribution < -0.4 is 5.73 Å². The SMILES string of the molecule is CC(C)c1cc(-c2ccc(O)c3c2CC2CC4C(C(=O)C(C(N)=O)=C(O)[C@@H]4N4CCOCC4)C(=O)C2=C3O)n[nH]1. The van der Waals surface area contributed by atoms with Crippen LogP contribution in [-0.4, -0.2) is 80.2 Å². The van der Waals surface area contributed by atoms with Gasteiger partial charge in [-0.2, -0.15) is 5.10 Å². The second-order valence-corrected chi connectivity index (χ2v) is 11.3. The van der Waals surface area contributed by atoms with Gasteiger partial charge in [-0.1, -0.05) is 13.8 Å². The number of allylic oxidation sites excluding steroid dienone is 1. The van der Waals surface area contributed by atoms with Crippen molar-refractivity contribution in [3.8, 4) is 17.0 Å². The fraction of sp³-hybridized carbons (Fsp3) is 0.448. The Morgan fingerprint density at radius 3 is 2.52 bits per heavy atom. The third-order valence-corrected chi connectivity index (χ3v) is 8.83. The molecule has 2 fully saturated rings. The summed E-state index contributed by atoms with van der Waals surface area (Å²) < 4.78 is 5.46. The van der Waals surface area contributed by atoms with Gasteiger partial charge in [-0.3, -0.25) is 24.4 Å². The Balaban J connectivity index is 1.48. The Labute approximate surface area is 230 Å². The molecule has 1 saturated carbocycles. The van der Waals surface area contributed by atoms with Gasteiger partial charge < -0.3 is 25.8 Å². The molecule has 40 heavy (non-hydrogen) atoms. The van der Waals surface area contributed by atoms with Crippen LogP contribution in [0, 0.1) is 17.8 Å². The molecule has 3 aliphatic carbocycles. The van der Waals surface area contributed by atoms with Crippen molar-refractivity contribution in [2.75, 3.05) is 26.3 Å². The van der Waals surface area contributed by atoms with E-state index in [1.165, 1.54) is 6.07 Å². The third kappa shape index (κ3) is 3.87. The lowest BCUT2D eigenvalue weighted by Gasteiger charge is -2.48. The van der Waals surface area contributed by atoms with Crippen molar-refractivity contribution in [2.45, 2.75) is 38.6 Å². The number of aliphatic hydroxyl groups excluding tert-OH is 2. The summed E-state index contributed by atoms with van der Waals surface area (Å²) in [6.45, 7) is 5.79. The number of benzene rings is 1. The number of aromatic hydroxyl groups is 1. The van der Waals surface area contributed by atoms with Crippen LogP contribution in [0.3, 0.4) is 0 Å². The molecule has 6 rings (SSSR count). The Morgan fingerprint density at radius 1 is 1.15 bits per heavy atom. The highest BCUT2D eigenvalue weighted by Gasteiger charge is 2.56. The number of nitrogens with zero attached hydrogens (tertiary/aromatic N) is 2. The lowest BCUT2D eigenvalue weighted by atomic mass is 9.59. The molecule has 0 radical (unpaired) electrons. The minimum atomic E-state index is -1.29. The number of aromatic amines is 1. The van der Waals surface area contributed by atoms with Crippen molar-refractivity contribution in [3.63, 3.8) is 0 Å². The molecule has 2 heterocycles. The molecular formula is C29H32N4O7. The maximum Gasteiger partial charge on any atom is 0.255 e. The number of phenolic OH excluding ortho intramolecular Hbond substituents is 1. The molecule has 1 amide bonds. The first kappa shape index (κ1) is 26.3. The van der Waals surface area contributed by atoms with E-state index >= 15 is 0 Å². The van der Waals surface area contributed by atoms with Gasteiger partial charge in [0.15, 0.2) is 11.6 Å². The molecule has 1 saturated heterocycles. The van der Waals surface area contributed by atoms with E-state index in [9.17, 15) is 29.7 Å². The average molecular weight is 549 g/mol. The third-order valence-electron chi connectivity index (χ3n) is 8.83. The maximum absolute atomic E-state index is 14.0. The number of hydrogen-bond acceptors (Lipinski definition) is 9. The van der Waals surface area contributed by atoms with Crippen LogP contribution >= 0.6 is 0 Å². The zero-order valence-electron chi connectivity index (χ0n) is 22.3. The number of rotatable bonds is 4. The zero-order valence-corrected chi connectivity index (χ0v) is 22.3. The molecule has 3 unspecified atom stereocenters. The van der Waals surface area contributed by atoms with Crippen LogP contribution in [0.25, 0.3) is 17.0 Å². The minimum absolute atomic E-state index is 0.0605. The molecule has 4 atom stereocenters. The molecule has 1 aromatic heterocycles. The first-order valence-electron chi connectivity index (χ1n) is 13.6. The summed E-state index contributed by atoms with van der Waals surface area (Å²) in [4.78, 5) is 41.7. The number of ketones is 2. The van der Waals surface area contributed by atoms with Crippen molar-refractivity contribution in [1.29, 1.82) is 0 Å². The second kappa shape index (κ2) is 9.60. The van der Waals surface area contributed by atoms with Crippen molar-refractivity contribution in [2.24, 2.45) is 23.5 Å². The van der Waals surface area contributed by atoms with Gasteiger partial charge in [-0.05, 0) is 54.4 Å². The first-order valence-corrected chi connectivity index (χ1v) is 13.6. The number of primary amides is 1. The number of aromatic nitrogens is 2. The number of nitrogens with one attached hydrogen (secondary N) is 1. The lowest BCUT2D eigenvalue weighted by molar-refractivity contribution is -0.138. The van der Waals surface area contributed by atoms with Crippen LogP contribution in [0.4, 0.5) is 0 Å². The zero-order chi connectivity index (χ0) is 28.5. The maximum atomic E-state index is 14.0. The summed E-state index contributed by atoms with van der Waals surface area (Å²) in [6.07, 6.45) is 0.612. The van der Waals surface area contributed by atoms with Crippen LogP contribution in [0.2, 0.25) is 0 Å². The van der Waals surface area contributed by atoms with E-state index in [0.717, 1.165) is 11.3 Å². The number of carbonyl (C=O) groups is 3. The van der Waals surface area contributed by atoms with Gasteiger partial charge in [0.25, 0.3) is 5.91 Å². The number of aliphatic hydroxyl groups is 2. The Bertz CT molecular complexity index is 1500. The number of ether oxygens (including phenoxy) is 1. The number of amides is 1. The van der Waals surface area contributed by atoms with Crippen molar-refractivity contribution >= 4 is 23.2 Å². The molecule has 2 aromatic rings. The Hall–Kier alpha value is -3.96. The summed E-state index contributed by atoms with van der Waals surface area (Å²) in [5.74, 6) is -5.68. The van der Waals surface area contributed by atoms with Gasteiger partial charge in [-0.15, -0.1) is 0 Å². The number of Topliss-reactive ketones (excluding diaryl/α,β-unsaturated/α-hetero) is 2. The molecule has 0 spiro atoms. The van der Waals surface area contributed by atoms with E-state index in [0.29, 0.717) is 50.4 Å². The van der Waals surface area contributed by atoms with Gasteiger partial charge >= 0.3 is 0 Å². The van der Waals surface area contributed by atoms with Crippen LogP contribution in [-0.2, 0) is 25.5 Å². The van der Waals surface area contributed by atoms with Crippen molar-refractivity contribution in [3.05, 3.63) is 51.9 Å². The summed E-state index contributed by atoms with van der Waals surface area (Å²) >= 11 is 0. The summed E-state index contributed by atoms with van der Waals surface area (Å²) in [5, 5.41) is 40.9. The van der Waals surface area contributed by atoms with Crippen LogP contribution in [0.5, 0.6) is 5.75 Å². The highest BCUT2D eigenvalue weighted by molar-refractivity contribution is 6.28. The number of carbonyl (C=O) groups excluding carboxylic acids is 3. The highest BCUT2D eigenvalue weighted by Crippen LogP contribution is 2.51. The molecule has 6 N–H and O–H groups in total. The molecule has 210 valence electrons. The summed E-state index contributed by atoms with van der Waals surface area (Å²) in [6, 6.07) is 4.36. The van der Waals surface area contributed by atoms with Gasteiger partial charge in [0.2, 0.25) is 0 Å². The van der Waals surface area contributed by atoms with Gasteiger partial charge in [0, 0.05) is 29.9 Å². The predicted octanol–water partition coefficient (Wildman–Crippen LogP) is 2.13. The second-order valence-electron chi connectivity index (χ2n) is 11.3. The minimum Gasteiger partial charge on any atom is -0.510 e. The monoisotopic (exact) mass is 548 g/mol. The number of morpholine rings is 1. The first-order chi connectivity index (χ1) is 19.1. The van der Waals surface area contributed by atoms with E-state index in [2.05, 4.69) is 10.2 Å². The molecule has 11 nitrogen and oxygen atoms in total. The van der Waals surface area contributed by atoms with Gasteiger partial charge in [-0.25, -0.2) is 0 Å². The van der Waals surface area contributed by atoms with E-state index < -0.39 is 52.6 Å². The predicted molar refractivity (Wildman–Crippen MR) is 143 cm³/mol. The molecule has 1 aromatic carbocycles. The van der Waals surface area contributed by atoms with Crippen molar-refractivity contribution in [1.82, 2.24) is 15.1 Å². The molecular weight excluding hydrogens is 516 g/mol. The number of hydrogen-bond donors (Lipinski definition) is 5. The van der Waals surface area contributed by atoms with E-state index in [4.69, 9.17) is 10.5 Å². The largest absolute Gasteiger partial charge is 0.510 e. The average Bonchev–Trinajstić information content (AvgIpc) is 3.39. The molecule has 4 aliphatic rings. The highest BCUT2D eigenvalue weighted by atomic mass is 16.5. The fourth-order valence-corrected chi connectivity index (χ4v) is 6.95. The van der Waals surface area contributed by atoms with E-state index in [-0.39, 0.29) is 28.6 Å². The Kier molecular flexibility index (Phi) is 6.30. The Morgan fingerprint density at radius 2 is 1.88 bits per heavy atom. The van der Waals surface area contributed by atoms with E-state index in [1.54, 1.807) is 6.07 Å². The van der Waals surface area contributed by atoms with E-state index in [1.807, 2.05) is 24.8 Å². The normalized spacial score (nSPS) is 27.1. The summed E-state index contributed by atoms with van der Waals surface area (Å²) in [7, 11) is 0. The number of nitrogens with two attached hydrogens (primary N) is 1.